The number of nitrogens with one attached hydrogen (secondary N) is 1. The van der Waals surface area contributed by atoms with E-state index in [1.165, 1.54) is 28.0 Å². The van der Waals surface area contributed by atoms with Crippen molar-refractivity contribution in [1.82, 2.24) is 0 Å². The predicted molar refractivity (Wildman–Crippen MR) is 93.3 cm³/mol. The zero-order chi connectivity index (χ0) is 14.5. The molecule has 1 aromatic heterocycles. The van der Waals surface area contributed by atoms with Gasteiger partial charge < -0.3 is 0 Å². The molecule has 2 nitrogen and oxygen atoms in total. The standard InChI is InChI=1S/C16H23N2S2/c1-3-4-5-7-10-17-11-14-19-20-15-13-18-12-8-6-9-16(18)2/h3-10,12H,11,13-15H2,1-2H3/q+1/p+2/b4-3+,7-5-,17-10?. The fraction of sp³-hybridized carbons (Fsp3) is 0.375. The highest BCUT2D eigenvalue weighted by Gasteiger charge is 2.07. The van der Waals surface area contributed by atoms with Gasteiger partial charge in [0.1, 0.15) is 5.75 Å². The molecule has 0 unspecified atom stereocenters. The molecule has 0 aromatic carbocycles. The van der Waals surface area contributed by atoms with Gasteiger partial charge in [0.05, 0.1) is 10.8 Å². The molecule has 0 fully saturated rings. The van der Waals surface area contributed by atoms with E-state index in [0.29, 0.717) is 0 Å². The zero-order valence-electron chi connectivity index (χ0n) is 12.3. The molecule has 4 heteroatoms. The molecule has 0 aliphatic heterocycles. The van der Waals surface area contributed by atoms with E-state index in [9.17, 15) is 0 Å². The lowest BCUT2D eigenvalue weighted by Crippen LogP contribution is -2.69. The van der Waals surface area contributed by atoms with Gasteiger partial charge in [0, 0.05) is 35.9 Å². The van der Waals surface area contributed by atoms with E-state index in [1.807, 2.05) is 48.2 Å². The first-order valence-electron chi connectivity index (χ1n) is 6.93. The third-order valence-corrected chi connectivity index (χ3v) is 5.26. The van der Waals surface area contributed by atoms with Crippen LogP contribution in [0, 0.1) is 6.92 Å². The molecule has 0 aliphatic rings. The second-order valence-corrected chi connectivity index (χ2v) is 7.17. The summed E-state index contributed by atoms with van der Waals surface area (Å²) in [6.45, 7) is 6.30. The van der Waals surface area contributed by atoms with E-state index >= 15 is 0 Å². The normalized spacial score (nSPS) is 12.1. The fourth-order valence-corrected chi connectivity index (χ4v) is 3.62. The molecule has 1 heterocycles. The van der Waals surface area contributed by atoms with Crippen LogP contribution in [0.2, 0.25) is 0 Å². The summed E-state index contributed by atoms with van der Waals surface area (Å²) in [5.41, 5.74) is 1.33. The van der Waals surface area contributed by atoms with Gasteiger partial charge in [-0.1, -0.05) is 24.3 Å². The molecule has 0 radical (unpaired) electrons. The molecule has 1 rings (SSSR count). The topological polar surface area (TPSA) is 17.9 Å². The minimum absolute atomic E-state index is 1.03. The number of hydrogen-bond donors (Lipinski definition) is 1. The molecule has 0 amide bonds. The van der Waals surface area contributed by atoms with Crippen LogP contribution in [0.4, 0.5) is 0 Å². The Hall–Kier alpha value is -1.00. The minimum atomic E-state index is 1.03. The fourth-order valence-electron chi connectivity index (χ4n) is 1.57. The Labute approximate surface area is 130 Å². The summed E-state index contributed by atoms with van der Waals surface area (Å²) in [7, 11) is 3.45. The number of pyridine rings is 1. The van der Waals surface area contributed by atoms with E-state index in [4.69, 9.17) is 0 Å². The lowest BCUT2D eigenvalue weighted by molar-refractivity contribution is -0.698. The molecule has 0 aliphatic carbocycles. The third kappa shape index (κ3) is 8.23. The first kappa shape index (κ1) is 17.1. The van der Waals surface area contributed by atoms with E-state index < -0.39 is 0 Å². The van der Waals surface area contributed by atoms with Gasteiger partial charge in [0.25, 0.3) is 0 Å². The molecular weight excluding hydrogens is 284 g/mol. The number of aryl methyl sites for hydroxylation is 2. The molecule has 20 heavy (non-hydrogen) atoms. The number of allylic oxidation sites excluding steroid dienone is 4. The maximum Gasteiger partial charge on any atom is 0.186 e. The Morgan fingerprint density at radius 2 is 2.20 bits per heavy atom. The van der Waals surface area contributed by atoms with Crippen LogP contribution < -0.4 is 9.56 Å². The van der Waals surface area contributed by atoms with Gasteiger partial charge in [0.2, 0.25) is 0 Å². The number of rotatable bonds is 9. The molecule has 0 saturated heterocycles. The Morgan fingerprint density at radius 3 is 3.00 bits per heavy atom. The Kier molecular flexibility index (Phi) is 10.1. The van der Waals surface area contributed by atoms with Crippen LogP contribution in [0.15, 0.2) is 48.7 Å². The zero-order valence-corrected chi connectivity index (χ0v) is 14.0. The average molecular weight is 310 g/mol. The molecular formula is C16H25N2S2+3. The maximum absolute atomic E-state index is 3.29. The summed E-state index contributed by atoms with van der Waals surface area (Å²) in [4.78, 5) is 3.29. The van der Waals surface area contributed by atoms with E-state index in [2.05, 4.69) is 40.9 Å². The van der Waals surface area contributed by atoms with Crippen molar-refractivity contribution in [2.75, 3.05) is 18.1 Å². The van der Waals surface area contributed by atoms with Crippen molar-refractivity contribution >= 4 is 27.8 Å². The van der Waals surface area contributed by atoms with Crippen molar-refractivity contribution in [3.8, 4) is 0 Å². The second kappa shape index (κ2) is 11.8. The molecule has 0 spiro atoms. The monoisotopic (exact) mass is 309 g/mol. The summed E-state index contributed by atoms with van der Waals surface area (Å²) in [5, 5.41) is 0. The molecule has 1 aromatic rings. The highest BCUT2D eigenvalue weighted by atomic mass is 33.1. The smallest absolute Gasteiger partial charge is 0.186 e. The number of thiol groups is 1. The molecule has 1 N–H and O–H groups in total. The van der Waals surface area contributed by atoms with Crippen molar-refractivity contribution in [3.05, 3.63) is 54.4 Å². The van der Waals surface area contributed by atoms with E-state index in [-0.39, 0.29) is 0 Å². The van der Waals surface area contributed by atoms with Gasteiger partial charge in [-0.25, -0.2) is 9.56 Å². The van der Waals surface area contributed by atoms with Crippen molar-refractivity contribution in [2.24, 2.45) is 0 Å². The quantitative estimate of drug-likeness (QED) is 0.137. The van der Waals surface area contributed by atoms with Gasteiger partial charge in [-0.05, 0) is 6.92 Å². The van der Waals surface area contributed by atoms with Crippen LogP contribution in [-0.2, 0) is 17.3 Å². The van der Waals surface area contributed by atoms with Gasteiger partial charge in [-0.2, -0.15) is 0 Å². The average Bonchev–Trinajstić information content (AvgIpc) is 2.46. The lowest BCUT2D eigenvalue weighted by atomic mass is 10.3. The SMILES string of the molecule is C/C=C/C=C\C=[NH+]CC[SH+]SCC[n+]1ccccc1C. The van der Waals surface area contributed by atoms with Crippen molar-refractivity contribution in [3.63, 3.8) is 0 Å². The van der Waals surface area contributed by atoms with Crippen LogP contribution in [0.1, 0.15) is 12.6 Å². The third-order valence-electron chi connectivity index (χ3n) is 2.66. The van der Waals surface area contributed by atoms with Gasteiger partial charge in [-0.15, -0.1) is 0 Å². The van der Waals surface area contributed by atoms with E-state index in [0.717, 1.165) is 13.1 Å². The van der Waals surface area contributed by atoms with Crippen LogP contribution in [-0.4, -0.2) is 24.3 Å². The van der Waals surface area contributed by atoms with Crippen LogP contribution in [0.25, 0.3) is 0 Å². The Morgan fingerprint density at radius 1 is 1.30 bits per heavy atom. The van der Waals surface area contributed by atoms with Crippen LogP contribution in [0.5, 0.6) is 0 Å². The first-order chi connectivity index (χ1) is 9.84. The van der Waals surface area contributed by atoms with Gasteiger partial charge in [-0.3, -0.25) is 0 Å². The molecule has 108 valence electrons. The minimum Gasteiger partial charge on any atom is -0.243 e. The first-order valence-corrected chi connectivity index (χ1v) is 9.60. The summed E-state index contributed by atoms with van der Waals surface area (Å²) >= 11 is 0. The lowest BCUT2D eigenvalue weighted by Gasteiger charge is -1.96. The van der Waals surface area contributed by atoms with Crippen LogP contribution in [0.3, 0.4) is 0 Å². The van der Waals surface area contributed by atoms with E-state index in [1.54, 1.807) is 0 Å². The Bertz CT molecular complexity index is 454. The number of aromatic nitrogens is 1. The van der Waals surface area contributed by atoms with Gasteiger partial charge >= 0.3 is 0 Å². The Balaban J connectivity index is 2.01. The second-order valence-electron chi connectivity index (χ2n) is 4.25. The van der Waals surface area contributed by atoms with Gasteiger partial charge in [0.15, 0.2) is 36.9 Å². The summed E-state index contributed by atoms with van der Waals surface area (Å²) in [6, 6.07) is 6.34. The highest BCUT2D eigenvalue weighted by Crippen LogP contribution is 2.01. The number of hydrogen-bond acceptors (Lipinski definition) is 1. The molecule has 0 bridgehead atoms. The summed E-state index contributed by atoms with van der Waals surface area (Å²) in [6.07, 6.45) is 12.3. The van der Waals surface area contributed by atoms with Crippen molar-refractivity contribution in [1.29, 1.82) is 0 Å². The number of nitrogens with zero attached hydrogens (tertiary/aromatic N) is 1. The largest absolute Gasteiger partial charge is 0.243 e. The predicted octanol–water partition coefficient (Wildman–Crippen LogP) is 1.03. The molecule has 0 saturated carbocycles. The summed E-state index contributed by atoms with van der Waals surface area (Å²) < 4.78 is 2.31. The maximum atomic E-state index is 3.29. The van der Waals surface area contributed by atoms with Crippen molar-refractivity contribution in [2.45, 2.75) is 20.4 Å². The van der Waals surface area contributed by atoms with Crippen LogP contribution >= 0.6 is 10.8 Å². The van der Waals surface area contributed by atoms with Crippen molar-refractivity contribution < 1.29 is 9.56 Å². The highest BCUT2D eigenvalue weighted by molar-refractivity contribution is 8.66. The molecule has 0 atom stereocenters. The summed E-state index contributed by atoms with van der Waals surface area (Å²) in [5.74, 6) is 2.35.